The lowest BCUT2D eigenvalue weighted by molar-refractivity contribution is -0.384. The maximum absolute atomic E-state index is 13.2. The summed E-state index contributed by atoms with van der Waals surface area (Å²) in [6, 6.07) is 14.6. The number of carbonyl (C=O) groups is 2. The third-order valence-corrected chi connectivity index (χ3v) is 5.76. The van der Waals surface area contributed by atoms with E-state index in [1.807, 2.05) is 18.4 Å². The van der Waals surface area contributed by atoms with Gasteiger partial charge in [0.1, 0.15) is 5.57 Å². The Hall–Kier alpha value is -3.82. The van der Waals surface area contributed by atoms with Gasteiger partial charge in [-0.1, -0.05) is 23.7 Å². The highest BCUT2D eigenvalue weighted by molar-refractivity contribution is 7.80. The first-order valence-electron chi connectivity index (χ1n) is 9.78. The van der Waals surface area contributed by atoms with Gasteiger partial charge in [0.15, 0.2) is 5.11 Å². The number of nitrogens with zero attached hydrogens (tertiary/aromatic N) is 3. The molecule has 1 fully saturated rings. The topological polar surface area (TPSA) is 97.5 Å². The molecule has 1 aliphatic heterocycles. The van der Waals surface area contributed by atoms with E-state index in [0.29, 0.717) is 27.7 Å². The molecule has 10 heteroatoms. The van der Waals surface area contributed by atoms with E-state index < -0.39 is 16.7 Å². The number of rotatable bonds is 4. The standard InChI is InChI=1S/C23H17ClN4O4S/c1-13-9-15(14(2)26(13)18-7-4-8-19(12-18)28(31)32)10-20-21(29)25-23(33)27(22(20)30)17-6-3-5-16(24)11-17/h3-12H,1-2H3,(H,25,29,33). The van der Waals surface area contributed by atoms with Gasteiger partial charge in [-0.25, -0.2) is 0 Å². The quantitative estimate of drug-likeness (QED) is 0.195. The zero-order valence-electron chi connectivity index (χ0n) is 17.5. The van der Waals surface area contributed by atoms with Crippen LogP contribution in [0.25, 0.3) is 11.8 Å². The number of hydrogen-bond donors (Lipinski definition) is 1. The van der Waals surface area contributed by atoms with E-state index in [1.165, 1.54) is 23.1 Å². The average molecular weight is 481 g/mol. The van der Waals surface area contributed by atoms with Crippen molar-refractivity contribution in [2.45, 2.75) is 13.8 Å². The van der Waals surface area contributed by atoms with Gasteiger partial charge >= 0.3 is 0 Å². The summed E-state index contributed by atoms with van der Waals surface area (Å²) in [5.74, 6) is -1.19. The highest BCUT2D eigenvalue weighted by Crippen LogP contribution is 2.28. The van der Waals surface area contributed by atoms with Crippen molar-refractivity contribution in [2.24, 2.45) is 0 Å². The zero-order chi connectivity index (χ0) is 23.9. The molecule has 0 atom stereocenters. The van der Waals surface area contributed by atoms with Crippen molar-refractivity contribution in [2.75, 3.05) is 4.90 Å². The lowest BCUT2D eigenvalue weighted by Crippen LogP contribution is -2.54. The van der Waals surface area contributed by atoms with Gasteiger partial charge in [-0.05, 0) is 68.0 Å². The van der Waals surface area contributed by atoms with Gasteiger partial charge in [-0.2, -0.15) is 0 Å². The fourth-order valence-corrected chi connectivity index (χ4v) is 4.20. The highest BCUT2D eigenvalue weighted by atomic mass is 35.5. The molecule has 1 N–H and O–H groups in total. The van der Waals surface area contributed by atoms with Crippen LogP contribution in [0, 0.1) is 24.0 Å². The minimum absolute atomic E-state index is 0.0348. The lowest BCUT2D eigenvalue weighted by atomic mass is 10.1. The highest BCUT2D eigenvalue weighted by Gasteiger charge is 2.34. The van der Waals surface area contributed by atoms with E-state index >= 15 is 0 Å². The summed E-state index contributed by atoms with van der Waals surface area (Å²) in [6.07, 6.45) is 1.49. The summed E-state index contributed by atoms with van der Waals surface area (Å²) in [5, 5.41) is 14.1. The molecule has 1 saturated heterocycles. The van der Waals surface area contributed by atoms with Crippen LogP contribution in [0.3, 0.4) is 0 Å². The van der Waals surface area contributed by atoms with E-state index in [9.17, 15) is 19.7 Å². The number of hydrogen-bond acceptors (Lipinski definition) is 5. The molecule has 166 valence electrons. The number of carbonyl (C=O) groups excluding carboxylic acids is 2. The fraction of sp³-hybridized carbons (Fsp3) is 0.0870. The van der Waals surface area contributed by atoms with Gasteiger partial charge < -0.3 is 4.57 Å². The molecule has 0 saturated carbocycles. The number of amides is 2. The van der Waals surface area contributed by atoms with Crippen LogP contribution in [0.15, 0.2) is 60.2 Å². The van der Waals surface area contributed by atoms with Gasteiger partial charge in [-0.3, -0.25) is 29.9 Å². The monoisotopic (exact) mass is 480 g/mol. The summed E-state index contributed by atoms with van der Waals surface area (Å²) >= 11 is 11.3. The van der Waals surface area contributed by atoms with Crippen LogP contribution < -0.4 is 10.2 Å². The van der Waals surface area contributed by atoms with Crippen LogP contribution in [0.2, 0.25) is 5.02 Å². The molecule has 0 unspecified atom stereocenters. The number of aromatic nitrogens is 1. The number of anilines is 1. The van der Waals surface area contributed by atoms with Crippen molar-refractivity contribution in [3.05, 3.63) is 92.3 Å². The van der Waals surface area contributed by atoms with Crippen LogP contribution in [0.1, 0.15) is 17.0 Å². The maximum Gasteiger partial charge on any atom is 0.271 e. The van der Waals surface area contributed by atoms with Crippen molar-refractivity contribution < 1.29 is 14.5 Å². The first-order valence-corrected chi connectivity index (χ1v) is 10.6. The molecule has 2 aromatic carbocycles. The molecule has 0 radical (unpaired) electrons. The van der Waals surface area contributed by atoms with Gasteiger partial charge in [0.2, 0.25) is 0 Å². The predicted octanol–water partition coefficient (Wildman–Crippen LogP) is 4.49. The molecular weight excluding hydrogens is 464 g/mol. The lowest BCUT2D eigenvalue weighted by Gasteiger charge is -2.29. The molecule has 8 nitrogen and oxygen atoms in total. The molecule has 4 rings (SSSR count). The van der Waals surface area contributed by atoms with Gasteiger partial charge in [0.05, 0.1) is 16.3 Å². The number of thiocarbonyl (C=S) groups is 1. The molecular formula is C23H17ClN4O4S. The first-order chi connectivity index (χ1) is 15.7. The Morgan fingerprint density at radius 3 is 2.45 bits per heavy atom. The smallest absolute Gasteiger partial charge is 0.271 e. The number of non-ortho nitro benzene ring substituents is 1. The molecule has 0 aliphatic carbocycles. The Bertz CT molecular complexity index is 1380. The number of benzene rings is 2. The summed E-state index contributed by atoms with van der Waals surface area (Å²) in [7, 11) is 0. The van der Waals surface area contributed by atoms with Crippen LogP contribution in [0.5, 0.6) is 0 Å². The Kier molecular flexibility index (Phi) is 5.84. The second-order valence-corrected chi connectivity index (χ2v) is 8.20. The number of nitro groups is 1. The molecule has 33 heavy (non-hydrogen) atoms. The number of nitrogens with one attached hydrogen (secondary N) is 1. The minimum atomic E-state index is -0.608. The maximum atomic E-state index is 13.2. The van der Waals surface area contributed by atoms with Crippen molar-refractivity contribution in [3.63, 3.8) is 0 Å². The van der Waals surface area contributed by atoms with E-state index in [2.05, 4.69) is 5.32 Å². The van der Waals surface area contributed by atoms with Gasteiger partial charge in [-0.15, -0.1) is 0 Å². The van der Waals surface area contributed by atoms with Crippen molar-refractivity contribution >= 4 is 58.2 Å². The number of nitro benzene ring substituents is 1. The third kappa shape index (κ3) is 4.15. The molecule has 2 amide bonds. The fourth-order valence-electron chi connectivity index (χ4n) is 3.74. The van der Waals surface area contributed by atoms with E-state index in [0.717, 1.165) is 5.69 Å². The van der Waals surface area contributed by atoms with E-state index in [4.69, 9.17) is 23.8 Å². The van der Waals surface area contributed by atoms with Crippen molar-refractivity contribution in [3.8, 4) is 5.69 Å². The van der Waals surface area contributed by atoms with Crippen LogP contribution >= 0.6 is 23.8 Å². The third-order valence-electron chi connectivity index (χ3n) is 5.24. The van der Waals surface area contributed by atoms with Crippen LogP contribution in [-0.4, -0.2) is 26.4 Å². The van der Waals surface area contributed by atoms with E-state index in [-0.39, 0.29) is 16.4 Å². The van der Waals surface area contributed by atoms with Crippen molar-refractivity contribution in [1.82, 2.24) is 9.88 Å². The normalized spacial score (nSPS) is 15.2. The number of aryl methyl sites for hydroxylation is 1. The van der Waals surface area contributed by atoms with Crippen LogP contribution in [-0.2, 0) is 9.59 Å². The largest absolute Gasteiger partial charge is 0.318 e. The number of halogens is 1. The Morgan fingerprint density at radius 1 is 1.06 bits per heavy atom. The summed E-state index contributed by atoms with van der Waals surface area (Å²) in [5.41, 5.74) is 3.02. The summed E-state index contributed by atoms with van der Waals surface area (Å²) < 4.78 is 1.82. The summed E-state index contributed by atoms with van der Waals surface area (Å²) in [6.45, 7) is 3.65. The molecule has 0 spiro atoms. The SMILES string of the molecule is Cc1cc(C=C2C(=O)NC(=S)N(c3cccc(Cl)c3)C2=O)c(C)n1-c1cccc([N+](=O)[O-])c1. The second-order valence-electron chi connectivity index (χ2n) is 7.38. The molecule has 0 bridgehead atoms. The molecule has 1 aromatic heterocycles. The Morgan fingerprint density at radius 2 is 1.76 bits per heavy atom. The summed E-state index contributed by atoms with van der Waals surface area (Å²) in [4.78, 5) is 37.8. The predicted molar refractivity (Wildman–Crippen MR) is 130 cm³/mol. The average Bonchev–Trinajstić information content (AvgIpc) is 3.04. The van der Waals surface area contributed by atoms with E-state index in [1.54, 1.807) is 42.5 Å². The molecule has 1 aliphatic rings. The van der Waals surface area contributed by atoms with Crippen molar-refractivity contribution in [1.29, 1.82) is 0 Å². The Labute approximate surface area is 199 Å². The zero-order valence-corrected chi connectivity index (χ0v) is 19.1. The molecule has 2 heterocycles. The van der Waals surface area contributed by atoms with Gasteiger partial charge in [0, 0.05) is 28.5 Å². The minimum Gasteiger partial charge on any atom is -0.318 e. The van der Waals surface area contributed by atoms with Gasteiger partial charge in [0.25, 0.3) is 17.5 Å². The Balaban J connectivity index is 1.77. The van der Waals surface area contributed by atoms with Crippen LogP contribution in [0.4, 0.5) is 11.4 Å². The molecule has 3 aromatic rings. The first kappa shape index (κ1) is 22.4. The second kappa shape index (κ2) is 8.61.